The van der Waals surface area contributed by atoms with Crippen molar-refractivity contribution in [3.63, 3.8) is 0 Å². The summed E-state index contributed by atoms with van der Waals surface area (Å²) in [5, 5.41) is 0. The third kappa shape index (κ3) is 1.84. The van der Waals surface area contributed by atoms with Crippen LogP contribution in [0.2, 0.25) is 0 Å². The zero-order valence-electron chi connectivity index (χ0n) is 7.73. The molecule has 0 nitrogen and oxygen atoms in total. The third-order valence-corrected chi connectivity index (χ3v) is 2.20. The highest BCUT2D eigenvalue weighted by Gasteiger charge is 2.00. The first-order chi connectivity index (χ1) is 5.81. The quantitative estimate of drug-likeness (QED) is 0.646. The molecule has 0 bridgehead atoms. The van der Waals surface area contributed by atoms with Gasteiger partial charge in [-0.2, -0.15) is 0 Å². The number of hydrogen-bond acceptors (Lipinski definition) is 0. The van der Waals surface area contributed by atoms with Gasteiger partial charge in [-0.15, -0.1) is 0 Å². The van der Waals surface area contributed by atoms with Gasteiger partial charge in [-0.1, -0.05) is 32.0 Å². The summed E-state index contributed by atoms with van der Waals surface area (Å²) in [7, 11) is 0. The molecule has 0 unspecified atom stereocenters. The lowest BCUT2D eigenvalue weighted by Gasteiger charge is -2.05. The van der Waals surface area contributed by atoms with E-state index in [1.54, 1.807) is 0 Å². The van der Waals surface area contributed by atoms with Crippen molar-refractivity contribution in [3.8, 4) is 0 Å². The van der Waals surface area contributed by atoms with E-state index in [9.17, 15) is 4.39 Å². The second-order valence-corrected chi connectivity index (χ2v) is 2.94. The fourth-order valence-corrected chi connectivity index (χ4v) is 1.36. The zero-order valence-corrected chi connectivity index (χ0v) is 7.73. The zero-order chi connectivity index (χ0) is 8.97. The van der Waals surface area contributed by atoms with E-state index < -0.39 is 0 Å². The molecule has 1 aromatic rings. The molecule has 1 aromatic carbocycles. The van der Waals surface area contributed by atoms with Crippen LogP contribution in [-0.2, 0) is 19.5 Å². The largest absolute Gasteiger partial charge is 0.246 e. The molecule has 0 spiro atoms. The first-order valence-corrected chi connectivity index (χ1v) is 4.48. The van der Waals surface area contributed by atoms with Crippen LogP contribution in [0.4, 0.5) is 4.39 Å². The number of benzene rings is 1. The van der Waals surface area contributed by atoms with Crippen LogP contribution in [0.3, 0.4) is 0 Å². The first-order valence-electron chi connectivity index (χ1n) is 4.48. The van der Waals surface area contributed by atoms with Gasteiger partial charge in [-0.3, -0.25) is 0 Å². The Balaban J connectivity index is 3.02. The minimum atomic E-state index is -0.340. The van der Waals surface area contributed by atoms with Crippen LogP contribution in [0.5, 0.6) is 0 Å². The number of rotatable bonds is 3. The lowest BCUT2D eigenvalue weighted by atomic mass is 10.0. The normalized spacial score (nSPS) is 10.2. The van der Waals surface area contributed by atoms with Crippen molar-refractivity contribution in [1.82, 2.24) is 0 Å². The maximum Gasteiger partial charge on any atom is 0.115 e. The van der Waals surface area contributed by atoms with Crippen LogP contribution in [0, 0.1) is 0 Å². The maximum atomic E-state index is 12.4. The molecule has 0 atom stereocenters. The summed E-state index contributed by atoms with van der Waals surface area (Å²) in [6.45, 7) is 3.84. The number of halogens is 1. The van der Waals surface area contributed by atoms with Gasteiger partial charge in [-0.05, 0) is 29.5 Å². The van der Waals surface area contributed by atoms with Gasteiger partial charge in [0.1, 0.15) is 6.67 Å². The monoisotopic (exact) mass is 166 g/mol. The van der Waals surface area contributed by atoms with Crippen LogP contribution >= 0.6 is 0 Å². The molecule has 66 valence electrons. The Morgan fingerprint density at radius 2 is 1.83 bits per heavy atom. The van der Waals surface area contributed by atoms with Gasteiger partial charge < -0.3 is 0 Å². The van der Waals surface area contributed by atoms with Crippen molar-refractivity contribution in [2.45, 2.75) is 33.4 Å². The smallest absolute Gasteiger partial charge is 0.115 e. The average molecular weight is 166 g/mol. The van der Waals surface area contributed by atoms with E-state index in [0.29, 0.717) is 0 Å². The van der Waals surface area contributed by atoms with E-state index in [2.05, 4.69) is 19.9 Å². The van der Waals surface area contributed by atoms with Crippen LogP contribution in [-0.4, -0.2) is 0 Å². The Bertz CT molecular complexity index is 253. The predicted molar refractivity (Wildman–Crippen MR) is 50.0 cm³/mol. The second-order valence-electron chi connectivity index (χ2n) is 2.94. The van der Waals surface area contributed by atoms with Gasteiger partial charge in [0.15, 0.2) is 0 Å². The van der Waals surface area contributed by atoms with Crippen LogP contribution < -0.4 is 0 Å². The fourth-order valence-electron chi connectivity index (χ4n) is 1.36. The van der Waals surface area contributed by atoms with E-state index in [4.69, 9.17) is 0 Å². The number of alkyl halides is 1. The summed E-state index contributed by atoms with van der Waals surface area (Å²) in [5.41, 5.74) is 3.29. The maximum absolute atomic E-state index is 12.4. The van der Waals surface area contributed by atoms with E-state index in [0.717, 1.165) is 24.0 Å². The average Bonchev–Trinajstić information content (AvgIpc) is 2.16. The molecular weight excluding hydrogens is 151 g/mol. The Labute approximate surface area is 73.4 Å². The van der Waals surface area contributed by atoms with Crippen molar-refractivity contribution in [3.05, 3.63) is 34.9 Å². The van der Waals surface area contributed by atoms with E-state index in [-0.39, 0.29) is 6.67 Å². The molecule has 0 amide bonds. The Morgan fingerprint density at radius 3 is 2.33 bits per heavy atom. The molecule has 0 saturated heterocycles. The number of hydrogen-bond donors (Lipinski definition) is 0. The lowest BCUT2D eigenvalue weighted by Crippen LogP contribution is -1.92. The highest BCUT2D eigenvalue weighted by atomic mass is 19.1. The van der Waals surface area contributed by atoms with E-state index >= 15 is 0 Å². The molecule has 0 heterocycles. The summed E-state index contributed by atoms with van der Waals surface area (Å²) >= 11 is 0. The first kappa shape index (κ1) is 9.24. The van der Waals surface area contributed by atoms with Crippen LogP contribution in [0.1, 0.15) is 30.5 Å². The minimum Gasteiger partial charge on any atom is -0.246 e. The molecule has 1 heteroatoms. The molecule has 0 fully saturated rings. The molecule has 0 N–H and O–H groups in total. The van der Waals surface area contributed by atoms with Gasteiger partial charge in [-0.25, -0.2) is 4.39 Å². The van der Waals surface area contributed by atoms with Gasteiger partial charge in [0.05, 0.1) is 0 Å². The summed E-state index contributed by atoms with van der Waals surface area (Å²) in [6, 6.07) is 6.01. The van der Waals surface area contributed by atoms with Gasteiger partial charge in [0.2, 0.25) is 0 Å². The van der Waals surface area contributed by atoms with E-state index in [1.165, 1.54) is 5.56 Å². The number of aryl methyl sites for hydroxylation is 2. The van der Waals surface area contributed by atoms with E-state index in [1.807, 2.05) is 12.1 Å². The molecule has 0 aromatic heterocycles. The summed E-state index contributed by atoms with van der Waals surface area (Å²) in [4.78, 5) is 0. The van der Waals surface area contributed by atoms with Crippen molar-refractivity contribution >= 4 is 0 Å². The molecule has 0 aliphatic carbocycles. The molecule has 12 heavy (non-hydrogen) atoms. The van der Waals surface area contributed by atoms with Crippen molar-refractivity contribution in [2.24, 2.45) is 0 Å². The molecule has 0 aliphatic heterocycles. The molecular formula is C11H15F. The topological polar surface area (TPSA) is 0 Å². The third-order valence-electron chi connectivity index (χ3n) is 2.20. The Morgan fingerprint density at radius 1 is 1.08 bits per heavy atom. The summed E-state index contributed by atoms with van der Waals surface area (Å²) in [6.07, 6.45) is 1.95. The lowest BCUT2D eigenvalue weighted by molar-refractivity contribution is 0.482. The van der Waals surface area contributed by atoms with Crippen molar-refractivity contribution in [1.29, 1.82) is 0 Å². The molecule has 0 aliphatic rings. The molecule has 0 radical (unpaired) electrons. The van der Waals surface area contributed by atoms with Gasteiger partial charge in [0.25, 0.3) is 0 Å². The fraction of sp³-hybridized carbons (Fsp3) is 0.455. The van der Waals surface area contributed by atoms with Crippen molar-refractivity contribution in [2.75, 3.05) is 0 Å². The highest BCUT2D eigenvalue weighted by molar-refractivity contribution is 5.31. The Hall–Kier alpha value is -0.850. The standard InChI is InChI=1S/C11H15F/c1-3-9-5-6-11(8-12)10(4-2)7-9/h5-7H,3-4,8H2,1-2H3. The SMILES string of the molecule is CCc1ccc(CF)c(CC)c1. The van der Waals surface area contributed by atoms with Gasteiger partial charge >= 0.3 is 0 Å². The Kier molecular flexibility index (Phi) is 3.27. The molecule has 1 rings (SSSR count). The highest BCUT2D eigenvalue weighted by Crippen LogP contribution is 2.14. The van der Waals surface area contributed by atoms with Crippen LogP contribution in [0.15, 0.2) is 18.2 Å². The van der Waals surface area contributed by atoms with Gasteiger partial charge in [0, 0.05) is 0 Å². The molecule has 0 saturated carbocycles. The van der Waals surface area contributed by atoms with Crippen LogP contribution in [0.25, 0.3) is 0 Å². The summed E-state index contributed by atoms with van der Waals surface area (Å²) in [5.74, 6) is 0. The van der Waals surface area contributed by atoms with Crippen molar-refractivity contribution < 1.29 is 4.39 Å². The minimum absolute atomic E-state index is 0.340. The second kappa shape index (κ2) is 4.24. The summed E-state index contributed by atoms with van der Waals surface area (Å²) < 4.78 is 12.4. The predicted octanol–water partition coefficient (Wildman–Crippen LogP) is 3.28.